The number of hydrogen-bond donors (Lipinski definition) is 2. The van der Waals surface area contributed by atoms with Crippen LogP contribution in [0.3, 0.4) is 0 Å². The van der Waals surface area contributed by atoms with Gasteiger partial charge in [-0.1, -0.05) is 13.8 Å². The van der Waals surface area contributed by atoms with Crippen molar-refractivity contribution in [2.75, 3.05) is 37.8 Å². The molecule has 114 valence electrons. The summed E-state index contributed by atoms with van der Waals surface area (Å²) in [4.78, 5) is 11.0. The predicted octanol–water partition coefficient (Wildman–Crippen LogP) is 2.78. The van der Waals surface area contributed by atoms with Crippen molar-refractivity contribution in [3.63, 3.8) is 0 Å². The van der Waals surface area contributed by atoms with E-state index >= 15 is 0 Å². The number of hydrogen-bond acceptors (Lipinski definition) is 5. The van der Waals surface area contributed by atoms with Crippen molar-refractivity contribution in [2.24, 2.45) is 0 Å². The number of aromatic nitrogens is 2. The van der Waals surface area contributed by atoms with Crippen LogP contribution in [-0.2, 0) is 0 Å². The van der Waals surface area contributed by atoms with Gasteiger partial charge in [-0.15, -0.1) is 0 Å². The SMILES string of the molecule is CCNc1ncnc(NC(C)CCN(C)C)c1C(C)C. The molecule has 0 aliphatic heterocycles. The van der Waals surface area contributed by atoms with Crippen LogP contribution in [0.25, 0.3) is 0 Å². The van der Waals surface area contributed by atoms with E-state index in [0.29, 0.717) is 12.0 Å². The van der Waals surface area contributed by atoms with Crippen LogP contribution in [0.4, 0.5) is 11.6 Å². The summed E-state index contributed by atoms with van der Waals surface area (Å²) in [7, 11) is 4.19. The van der Waals surface area contributed by atoms with Crippen molar-refractivity contribution in [3.8, 4) is 0 Å². The van der Waals surface area contributed by atoms with Crippen LogP contribution in [0.1, 0.15) is 45.6 Å². The Morgan fingerprint density at radius 2 is 1.80 bits per heavy atom. The van der Waals surface area contributed by atoms with E-state index in [1.807, 2.05) is 0 Å². The summed E-state index contributed by atoms with van der Waals surface area (Å²) in [5, 5.41) is 6.85. The zero-order valence-corrected chi connectivity index (χ0v) is 13.7. The summed E-state index contributed by atoms with van der Waals surface area (Å²) in [6, 6.07) is 0.388. The van der Waals surface area contributed by atoms with E-state index in [1.165, 1.54) is 5.56 Å². The smallest absolute Gasteiger partial charge is 0.135 e. The largest absolute Gasteiger partial charge is 0.370 e. The molecule has 2 N–H and O–H groups in total. The minimum Gasteiger partial charge on any atom is -0.370 e. The summed E-state index contributed by atoms with van der Waals surface area (Å²) in [6.45, 7) is 10.6. The van der Waals surface area contributed by atoms with Gasteiger partial charge in [0.05, 0.1) is 0 Å². The molecule has 0 aliphatic rings. The third-order valence-electron chi connectivity index (χ3n) is 3.20. The van der Waals surface area contributed by atoms with E-state index in [2.05, 4.69) is 67.3 Å². The lowest BCUT2D eigenvalue weighted by molar-refractivity contribution is 0.390. The second-order valence-corrected chi connectivity index (χ2v) is 5.81. The molecule has 5 nitrogen and oxygen atoms in total. The van der Waals surface area contributed by atoms with Crippen molar-refractivity contribution in [1.82, 2.24) is 14.9 Å². The van der Waals surface area contributed by atoms with Gasteiger partial charge in [-0.05, 0) is 46.8 Å². The highest BCUT2D eigenvalue weighted by molar-refractivity contribution is 5.59. The van der Waals surface area contributed by atoms with E-state index < -0.39 is 0 Å². The number of rotatable bonds is 8. The molecular formula is C15H29N5. The summed E-state index contributed by atoms with van der Waals surface area (Å²) in [5.41, 5.74) is 1.17. The van der Waals surface area contributed by atoms with Crippen LogP contribution in [0.15, 0.2) is 6.33 Å². The maximum atomic E-state index is 4.43. The lowest BCUT2D eigenvalue weighted by Crippen LogP contribution is -2.24. The zero-order chi connectivity index (χ0) is 15.1. The van der Waals surface area contributed by atoms with Gasteiger partial charge in [0.15, 0.2) is 0 Å². The first-order valence-electron chi connectivity index (χ1n) is 7.45. The molecule has 0 fully saturated rings. The molecular weight excluding hydrogens is 250 g/mol. The number of anilines is 2. The van der Waals surface area contributed by atoms with Gasteiger partial charge < -0.3 is 15.5 Å². The van der Waals surface area contributed by atoms with Gasteiger partial charge >= 0.3 is 0 Å². The summed E-state index contributed by atoms with van der Waals surface area (Å²) in [5.74, 6) is 2.28. The Hall–Kier alpha value is -1.36. The first-order valence-corrected chi connectivity index (χ1v) is 7.45. The van der Waals surface area contributed by atoms with Crippen LogP contribution < -0.4 is 10.6 Å². The first-order chi connectivity index (χ1) is 9.45. The van der Waals surface area contributed by atoms with E-state index in [9.17, 15) is 0 Å². The molecule has 0 aliphatic carbocycles. The molecule has 0 bridgehead atoms. The second-order valence-electron chi connectivity index (χ2n) is 5.81. The summed E-state index contributed by atoms with van der Waals surface area (Å²) < 4.78 is 0. The normalized spacial score (nSPS) is 12.8. The fourth-order valence-corrected chi connectivity index (χ4v) is 2.12. The second kappa shape index (κ2) is 8.04. The van der Waals surface area contributed by atoms with Gasteiger partial charge in [-0.3, -0.25) is 0 Å². The average molecular weight is 279 g/mol. The topological polar surface area (TPSA) is 53.1 Å². The van der Waals surface area contributed by atoms with Crippen LogP contribution in [0, 0.1) is 0 Å². The lowest BCUT2D eigenvalue weighted by atomic mass is 10.0. The minimum absolute atomic E-state index is 0.383. The third kappa shape index (κ3) is 4.96. The molecule has 1 rings (SSSR count). The Bertz CT molecular complexity index is 403. The standard InChI is InChI=1S/C15H29N5/c1-7-16-14-13(11(2)3)15(18-10-17-14)19-12(4)8-9-20(5)6/h10-12H,7-9H2,1-6H3,(H2,16,17,18,19). The number of nitrogens with one attached hydrogen (secondary N) is 2. The van der Waals surface area contributed by atoms with Crippen molar-refractivity contribution in [2.45, 2.75) is 46.1 Å². The molecule has 0 radical (unpaired) electrons. The van der Waals surface area contributed by atoms with E-state index in [1.54, 1.807) is 6.33 Å². The van der Waals surface area contributed by atoms with Crippen LogP contribution in [0.5, 0.6) is 0 Å². The predicted molar refractivity (Wildman–Crippen MR) is 86.5 cm³/mol. The van der Waals surface area contributed by atoms with Gasteiger partial charge in [0, 0.05) is 18.2 Å². The van der Waals surface area contributed by atoms with E-state index in [0.717, 1.165) is 31.1 Å². The molecule has 1 heterocycles. The Balaban J connectivity index is 2.85. The first kappa shape index (κ1) is 16.7. The molecule has 20 heavy (non-hydrogen) atoms. The van der Waals surface area contributed by atoms with Gasteiger partial charge in [0.25, 0.3) is 0 Å². The van der Waals surface area contributed by atoms with Gasteiger partial charge in [0.1, 0.15) is 18.0 Å². The van der Waals surface area contributed by atoms with E-state index in [4.69, 9.17) is 0 Å². The Morgan fingerprint density at radius 1 is 1.15 bits per heavy atom. The summed E-state index contributed by atoms with van der Waals surface area (Å²) in [6.07, 6.45) is 2.72. The Morgan fingerprint density at radius 3 is 2.35 bits per heavy atom. The highest BCUT2D eigenvalue weighted by Crippen LogP contribution is 2.28. The fourth-order valence-electron chi connectivity index (χ4n) is 2.12. The van der Waals surface area contributed by atoms with Gasteiger partial charge in [0.2, 0.25) is 0 Å². The van der Waals surface area contributed by atoms with E-state index in [-0.39, 0.29) is 0 Å². The molecule has 1 aromatic heterocycles. The van der Waals surface area contributed by atoms with Crippen LogP contribution in [0.2, 0.25) is 0 Å². The minimum atomic E-state index is 0.383. The van der Waals surface area contributed by atoms with Crippen LogP contribution >= 0.6 is 0 Å². The fraction of sp³-hybridized carbons (Fsp3) is 0.733. The van der Waals surface area contributed by atoms with Crippen LogP contribution in [-0.4, -0.2) is 48.1 Å². The van der Waals surface area contributed by atoms with Gasteiger partial charge in [-0.25, -0.2) is 9.97 Å². The van der Waals surface area contributed by atoms with Gasteiger partial charge in [-0.2, -0.15) is 0 Å². The van der Waals surface area contributed by atoms with Crippen molar-refractivity contribution < 1.29 is 0 Å². The number of nitrogens with zero attached hydrogens (tertiary/aromatic N) is 3. The molecule has 5 heteroatoms. The Labute approximate surface area is 123 Å². The maximum absolute atomic E-state index is 4.43. The molecule has 0 aromatic carbocycles. The summed E-state index contributed by atoms with van der Waals surface area (Å²) >= 11 is 0. The molecule has 1 aromatic rings. The molecule has 1 atom stereocenters. The average Bonchev–Trinajstić information content (AvgIpc) is 2.36. The molecule has 1 unspecified atom stereocenters. The van der Waals surface area contributed by atoms with Crippen molar-refractivity contribution in [1.29, 1.82) is 0 Å². The van der Waals surface area contributed by atoms with Crippen molar-refractivity contribution >= 4 is 11.6 Å². The Kier molecular flexibility index (Phi) is 6.71. The van der Waals surface area contributed by atoms with Crippen molar-refractivity contribution in [3.05, 3.63) is 11.9 Å². The monoisotopic (exact) mass is 279 g/mol. The molecule has 0 saturated carbocycles. The lowest BCUT2D eigenvalue weighted by Gasteiger charge is -2.21. The third-order valence-corrected chi connectivity index (χ3v) is 3.20. The quantitative estimate of drug-likeness (QED) is 0.766. The molecule has 0 saturated heterocycles. The molecule has 0 amide bonds. The highest BCUT2D eigenvalue weighted by Gasteiger charge is 2.16. The maximum Gasteiger partial charge on any atom is 0.135 e. The highest BCUT2D eigenvalue weighted by atomic mass is 15.1. The molecule has 0 spiro atoms. The zero-order valence-electron chi connectivity index (χ0n) is 13.7.